The minimum Gasteiger partial charge on any atom is -0.497 e. The SMILES string of the molecule is CN=C(NCC(C)CN1CCOCC1)N(C)Cc1ccc(OC)cc1.I. The third-order valence-electron chi connectivity index (χ3n) is 4.43. The Bertz CT molecular complexity index is 533. The molecule has 1 N–H and O–H groups in total. The van der Waals surface area contributed by atoms with Crippen molar-refractivity contribution in [2.24, 2.45) is 10.9 Å². The van der Waals surface area contributed by atoms with Gasteiger partial charge in [-0.1, -0.05) is 19.1 Å². The van der Waals surface area contributed by atoms with Crippen molar-refractivity contribution in [1.82, 2.24) is 15.1 Å². The third kappa shape index (κ3) is 7.67. The molecule has 1 aliphatic rings. The molecular formula is C19H33IN4O2. The third-order valence-corrected chi connectivity index (χ3v) is 4.43. The quantitative estimate of drug-likeness (QED) is 0.372. The molecule has 0 saturated carbocycles. The Kier molecular flexibility index (Phi) is 10.9. The zero-order chi connectivity index (χ0) is 18.1. The Morgan fingerprint density at radius 2 is 1.96 bits per heavy atom. The summed E-state index contributed by atoms with van der Waals surface area (Å²) in [4.78, 5) is 9.02. The van der Waals surface area contributed by atoms with Crippen LogP contribution in [-0.2, 0) is 11.3 Å². The number of benzene rings is 1. The second-order valence-electron chi connectivity index (χ2n) is 6.65. The number of guanidine groups is 1. The first-order chi connectivity index (χ1) is 12.1. The van der Waals surface area contributed by atoms with Crippen LogP contribution in [0.4, 0.5) is 0 Å². The maximum atomic E-state index is 5.41. The lowest BCUT2D eigenvalue weighted by atomic mass is 10.1. The van der Waals surface area contributed by atoms with Gasteiger partial charge in [-0.3, -0.25) is 9.89 Å². The van der Waals surface area contributed by atoms with Crippen LogP contribution >= 0.6 is 24.0 Å². The summed E-state index contributed by atoms with van der Waals surface area (Å²) >= 11 is 0. The largest absolute Gasteiger partial charge is 0.497 e. The molecule has 1 fully saturated rings. The lowest BCUT2D eigenvalue weighted by molar-refractivity contribution is 0.0320. The minimum absolute atomic E-state index is 0. The molecule has 1 aromatic carbocycles. The van der Waals surface area contributed by atoms with Gasteiger partial charge in [0, 0.05) is 46.8 Å². The summed E-state index contributed by atoms with van der Waals surface area (Å²) < 4.78 is 10.6. The Hall–Kier alpha value is -1.06. The molecule has 0 bridgehead atoms. The fraction of sp³-hybridized carbons (Fsp3) is 0.632. The maximum absolute atomic E-state index is 5.41. The lowest BCUT2D eigenvalue weighted by Crippen LogP contribution is -2.44. The highest BCUT2D eigenvalue weighted by Crippen LogP contribution is 2.12. The molecule has 1 heterocycles. The Morgan fingerprint density at radius 3 is 2.54 bits per heavy atom. The topological polar surface area (TPSA) is 49.3 Å². The molecule has 1 unspecified atom stereocenters. The van der Waals surface area contributed by atoms with Gasteiger partial charge in [-0.25, -0.2) is 0 Å². The Labute approximate surface area is 175 Å². The van der Waals surface area contributed by atoms with Crippen LogP contribution < -0.4 is 10.1 Å². The highest BCUT2D eigenvalue weighted by molar-refractivity contribution is 14.0. The van der Waals surface area contributed by atoms with E-state index in [2.05, 4.69) is 46.2 Å². The van der Waals surface area contributed by atoms with E-state index in [1.54, 1.807) is 7.11 Å². The summed E-state index contributed by atoms with van der Waals surface area (Å²) in [6.07, 6.45) is 0. The average molecular weight is 476 g/mol. The molecule has 1 saturated heterocycles. The maximum Gasteiger partial charge on any atom is 0.193 e. The number of hydrogen-bond donors (Lipinski definition) is 1. The highest BCUT2D eigenvalue weighted by atomic mass is 127. The van der Waals surface area contributed by atoms with E-state index in [-0.39, 0.29) is 24.0 Å². The summed E-state index contributed by atoms with van der Waals surface area (Å²) in [5.41, 5.74) is 1.23. The van der Waals surface area contributed by atoms with Gasteiger partial charge in [0.25, 0.3) is 0 Å². The summed E-state index contributed by atoms with van der Waals surface area (Å²) in [5.74, 6) is 2.36. The first-order valence-electron chi connectivity index (χ1n) is 8.97. The number of halogens is 1. The summed E-state index contributed by atoms with van der Waals surface area (Å²) in [7, 11) is 5.58. The van der Waals surface area contributed by atoms with Crippen molar-refractivity contribution in [1.29, 1.82) is 0 Å². The molecule has 6 nitrogen and oxygen atoms in total. The zero-order valence-corrected chi connectivity index (χ0v) is 18.7. The van der Waals surface area contributed by atoms with Gasteiger partial charge in [-0.05, 0) is 23.6 Å². The predicted molar refractivity (Wildman–Crippen MR) is 118 cm³/mol. The molecule has 2 rings (SSSR count). The van der Waals surface area contributed by atoms with E-state index in [9.17, 15) is 0 Å². The standard InChI is InChI=1S/C19H32N4O2.HI/c1-16(14-23-9-11-25-12-10-23)13-21-19(20-2)22(3)15-17-5-7-18(24-4)8-6-17;/h5-8,16H,9-15H2,1-4H3,(H,20,21);1H. The summed E-state index contributed by atoms with van der Waals surface area (Å²) in [6.45, 7) is 8.87. The van der Waals surface area contributed by atoms with Crippen molar-refractivity contribution in [2.45, 2.75) is 13.5 Å². The van der Waals surface area contributed by atoms with Crippen molar-refractivity contribution in [2.75, 3.05) is 60.6 Å². The first kappa shape index (κ1) is 23.0. The minimum atomic E-state index is 0. The van der Waals surface area contributed by atoms with Crippen LogP contribution in [0.1, 0.15) is 12.5 Å². The number of morpholine rings is 1. The van der Waals surface area contributed by atoms with Crippen LogP contribution in [0, 0.1) is 5.92 Å². The number of hydrogen-bond acceptors (Lipinski definition) is 4. The molecule has 0 aromatic heterocycles. The van der Waals surface area contributed by atoms with E-state index in [1.165, 1.54) is 5.56 Å². The first-order valence-corrected chi connectivity index (χ1v) is 8.97. The van der Waals surface area contributed by atoms with Gasteiger partial charge in [0.15, 0.2) is 5.96 Å². The fourth-order valence-corrected chi connectivity index (χ4v) is 3.02. The number of rotatable bonds is 7. The van der Waals surface area contributed by atoms with E-state index in [1.807, 2.05) is 19.2 Å². The van der Waals surface area contributed by atoms with E-state index in [4.69, 9.17) is 9.47 Å². The molecule has 0 radical (unpaired) electrons. The van der Waals surface area contributed by atoms with E-state index >= 15 is 0 Å². The van der Waals surface area contributed by atoms with Gasteiger partial charge in [0.2, 0.25) is 0 Å². The van der Waals surface area contributed by atoms with Gasteiger partial charge in [-0.15, -0.1) is 24.0 Å². The number of ether oxygens (including phenoxy) is 2. The van der Waals surface area contributed by atoms with Crippen LogP contribution in [0.3, 0.4) is 0 Å². The number of nitrogens with one attached hydrogen (secondary N) is 1. The zero-order valence-electron chi connectivity index (χ0n) is 16.4. The number of nitrogens with zero attached hydrogens (tertiary/aromatic N) is 3. The van der Waals surface area contributed by atoms with Crippen molar-refractivity contribution in [3.8, 4) is 5.75 Å². The molecular weight excluding hydrogens is 443 g/mol. The van der Waals surface area contributed by atoms with E-state index < -0.39 is 0 Å². The van der Waals surface area contributed by atoms with Crippen LogP contribution in [0.5, 0.6) is 5.75 Å². The fourth-order valence-electron chi connectivity index (χ4n) is 3.02. The Morgan fingerprint density at radius 1 is 1.31 bits per heavy atom. The van der Waals surface area contributed by atoms with E-state index in [0.717, 1.165) is 57.6 Å². The van der Waals surface area contributed by atoms with Gasteiger partial charge >= 0.3 is 0 Å². The second kappa shape index (κ2) is 12.3. The van der Waals surface area contributed by atoms with Crippen LogP contribution in [0.25, 0.3) is 0 Å². The molecule has 0 spiro atoms. The molecule has 1 aliphatic heterocycles. The second-order valence-corrected chi connectivity index (χ2v) is 6.65. The van der Waals surface area contributed by atoms with Crippen molar-refractivity contribution >= 4 is 29.9 Å². The molecule has 0 aliphatic carbocycles. The van der Waals surface area contributed by atoms with Crippen LogP contribution in [0.15, 0.2) is 29.3 Å². The van der Waals surface area contributed by atoms with Gasteiger partial charge < -0.3 is 19.7 Å². The normalized spacial score (nSPS) is 16.5. The number of aliphatic imine (C=N–C) groups is 1. The van der Waals surface area contributed by atoms with E-state index in [0.29, 0.717) is 5.92 Å². The summed E-state index contributed by atoms with van der Waals surface area (Å²) in [6, 6.07) is 8.15. The van der Waals surface area contributed by atoms with Crippen molar-refractivity contribution in [3.05, 3.63) is 29.8 Å². The van der Waals surface area contributed by atoms with Gasteiger partial charge in [0.05, 0.1) is 20.3 Å². The molecule has 1 aromatic rings. The smallest absolute Gasteiger partial charge is 0.193 e. The molecule has 26 heavy (non-hydrogen) atoms. The van der Waals surface area contributed by atoms with Crippen molar-refractivity contribution in [3.63, 3.8) is 0 Å². The lowest BCUT2D eigenvalue weighted by Gasteiger charge is -2.30. The highest BCUT2D eigenvalue weighted by Gasteiger charge is 2.14. The Balaban J connectivity index is 0.00000338. The van der Waals surface area contributed by atoms with Gasteiger partial charge in [-0.2, -0.15) is 0 Å². The van der Waals surface area contributed by atoms with Crippen LogP contribution in [0.2, 0.25) is 0 Å². The predicted octanol–water partition coefficient (Wildman–Crippen LogP) is 2.29. The monoisotopic (exact) mass is 476 g/mol. The average Bonchev–Trinajstić information content (AvgIpc) is 2.63. The molecule has 1 atom stereocenters. The van der Waals surface area contributed by atoms with Gasteiger partial charge in [0.1, 0.15) is 5.75 Å². The summed E-state index contributed by atoms with van der Waals surface area (Å²) in [5, 5.41) is 3.49. The molecule has 7 heteroatoms. The van der Waals surface area contributed by atoms with Crippen LogP contribution in [-0.4, -0.2) is 76.4 Å². The molecule has 148 valence electrons. The van der Waals surface area contributed by atoms with Crippen molar-refractivity contribution < 1.29 is 9.47 Å². The number of methoxy groups -OCH3 is 1. The molecule has 0 amide bonds.